The quantitative estimate of drug-likeness (QED) is 0.509. The van der Waals surface area contributed by atoms with Gasteiger partial charge in [-0.2, -0.15) is 0 Å². The molecule has 0 aliphatic carbocycles. The number of nitrogens with one attached hydrogen (secondary N) is 1. The Bertz CT molecular complexity index is 1340. The summed E-state index contributed by atoms with van der Waals surface area (Å²) in [6.45, 7) is 4.68. The number of aromatic nitrogens is 2. The highest BCUT2D eigenvalue weighted by molar-refractivity contribution is 7.23. The average molecular weight is 530 g/mol. The molecule has 1 N–H and O–H groups in total. The van der Waals surface area contributed by atoms with Crippen LogP contribution < -0.4 is 25.2 Å². The standard InChI is InChI=1S/C24H27N5O7S/c1-33-18-3-2-17(27-6-10-34-11-7-27)22-21(18)25-23(37-22)26-24(32)36-16-4-5-29(19(30)14-16)15-20(31)28-8-12-35-13-9-28/h2-5,14H,6-13,15H2,1H3,(H,25,26,32). The van der Waals surface area contributed by atoms with Gasteiger partial charge in [0.05, 0.1) is 43.9 Å². The van der Waals surface area contributed by atoms with E-state index in [0.29, 0.717) is 55.9 Å². The minimum atomic E-state index is -0.785. The molecule has 0 saturated carbocycles. The van der Waals surface area contributed by atoms with Crippen LogP contribution in [-0.4, -0.2) is 86.2 Å². The van der Waals surface area contributed by atoms with Gasteiger partial charge in [-0.1, -0.05) is 11.3 Å². The van der Waals surface area contributed by atoms with Gasteiger partial charge < -0.3 is 33.3 Å². The number of fused-ring (bicyclic) bond motifs is 1. The van der Waals surface area contributed by atoms with E-state index in [9.17, 15) is 14.4 Å². The predicted molar refractivity (Wildman–Crippen MR) is 137 cm³/mol. The van der Waals surface area contributed by atoms with E-state index in [1.54, 1.807) is 12.0 Å². The maximum absolute atomic E-state index is 12.6. The van der Waals surface area contributed by atoms with Gasteiger partial charge in [0, 0.05) is 38.4 Å². The van der Waals surface area contributed by atoms with E-state index in [2.05, 4.69) is 15.2 Å². The van der Waals surface area contributed by atoms with Crippen molar-refractivity contribution < 1.29 is 28.5 Å². The summed E-state index contributed by atoms with van der Waals surface area (Å²) in [4.78, 5) is 45.9. The van der Waals surface area contributed by atoms with Crippen LogP contribution in [0.25, 0.3) is 10.2 Å². The second kappa shape index (κ2) is 11.2. The maximum atomic E-state index is 12.6. The zero-order chi connectivity index (χ0) is 25.8. The normalized spacial score (nSPS) is 16.0. The van der Waals surface area contributed by atoms with Gasteiger partial charge >= 0.3 is 6.09 Å². The van der Waals surface area contributed by atoms with E-state index >= 15 is 0 Å². The van der Waals surface area contributed by atoms with Crippen LogP contribution in [0.5, 0.6) is 11.5 Å². The fourth-order valence-electron chi connectivity index (χ4n) is 4.20. The lowest BCUT2D eigenvalue weighted by molar-refractivity contribution is -0.135. The molecule has 4 heterocycles. The van der Waals surface area contributed by atoms with Gasteiger partial charge in [0.1, 0.15) is 23.6 Å². The molecule has 0 bridgehead atoms. The van der Waals surface area contributed by atoms with Crippen LogP contribution in [0.1, 0.15) is 0 Å². The number of carbonyl (C=O) groups excluding carboxylic acids is 2. The maximum Gasteiger partial charge on any atom is 0.418 e. The second-order valence-electron chi connectivity index (χ2n) is 8.42. The fraction of sp³-hybridized carbons (Fsp3) is 0.417. The molecule has 0 radical (unpaired) electrons. The van der Waals surface area contributed by atoms with E-state index in [-0.39, 0.29) is 18.2 Å². The van der Waals surface area contributed by atoms with Crippen LogP contribution in [0.2, 0.25) is 0 Å². The molecule has 2 aromatic heterocycles. The zero-order valence-corrected chi connectivity index (χ0v) is 21.1. The van der Waals surface area contributed by atoms with Gasteiger partial charge in [0.25, 0.3) is 5.56 Å². The molecule has 5 rings (SSSR count). The van der Waals surface area contributed by atoms with E-state index < -0.39 is 11.7 Å². The molecular formula is C24H27N5O7S. The molecule has 1 aromatic carbocycles. The third-order valence-electron chi connectivity index (χ3n) is 6.11. The van der Waals surface area contributed by atoms with E-state index in [1.807, 2.05) is 12.1 Å². The second-order valence-corrected chi connectivity index (χ2v) is 9.42. The summed E-state index contributed by atoms with van der Waals surface area (Å²) in [5.74, 6) is 0.490. The number of anilines is 2. The van der Waals surface area contributed by atoms with Gasteiger partial charge in [0.15, 0.2) is 5.13 Å². The molecule has 3 aromatic rings. The molecule has 37 heavy (non-hydrogen) atoms. The summed E-state index contributed by atoms with van der Waals surface area (Å²) in [7, 11) is 1.57. The Morgan fingerprint density at radius 1 is 1.08 bits per heavy atom. The number of methoxy groups -OCH3 is 1. The highest BCUT2D eigenvalue weighted by Gasteiger charge is 2.21. The Morgan fingerprint density at radius 3 is 2.51 bits per heavy atom. The number of rotatable bonds is 6. The first-order chi connectivity index (χ1) is 18.0. The van der Waals surface area contributed by atoms with Crippen LogP contribution in [0.4, 0.5) is 15.6 Å². The number of carbonyl (C=O) groups is 2. The first kappa shape index (κ1) is 25.0. The van der Waals surface area contributed by atoms with Crippen LogP contribution in [-0.2, 0) is 20.8 Å². The predicted octanol–water partition coefficient (Wildman–Crippen LogP) is 1.77. The average Bonchev–Trinajstić information content (AvgIpc) is 3.34. The van der Waals surface area contributed by atoms with Gasteiger partial charge in [0.2, 0.25) is 5.91 Å². The molecule has 2 saturated heterocycles. The van der Waals surface area contributed by atoms with E-state index in [0.717, 1.165) is 23.5 Å². The summed E-state index contributed by atoms with van der Waals surface area (Å²) in [5, 5.41) is 2.97. The highest BCUT2D eigenvalue weighted by Crippen LogP contribution is 2.39. The summed E-state index contributed by atoms with van der Waals surface area (Å²) in [5.41, 5.74) is 1.18. The summed E-state index contributed by atoms with van der Waals surface area (Å²) in [6, 6.07) is 6.47. The molecule has 12 nitrogen and oxygen atoms in total. The molecule has 2 fully saturated rings. The van der Waals surface area contributed by atoms with Crippen molar-refractivity contribution in [2.24, 2.45) is 0 Å². The van der Waals surface area contributed by atoms with E-state index in [4.69, 9.17) is 18.9 Å². The molecule has 196 valence electrons. The zero-order valence-electron chi connectivity index (χ0n) is 20.3. The Labute approximate surface area is 216 Å². The third kappa shape index (κ3) is 5.68. The largest absolute Gasteiger partial charge is 0.494 e. The van der Waals surface area contributed by atoms with Crippen LogP contribution in [0.15, 0.2) is 35.3 Å². The molecule has 2 aliphatic heterocycles. The smallest absolute Gasteiger partial charge is 0.418 e. The van der Waals surface area contributed by atoms with Crippen LogP contribution >= 0.6 is 11.3 Å². The molecule has 0 unspecified atom stereocenters. The van der Waals surface area contributed by atoms with Crippen molar-refractivity contribution in [3.63, 3.8) is 0 Å². The van der Waals surface area contributed by atoms with Crippen molar-refractivity contribution in [3.8, 4) is 11.5 Å². The van der Waals surface area contributed by atoms with Gasteiger partial charge in [-0.3, -0.25) is 14.9 Å². The molecule has 2 amide bonds. The first-order valence-electron chi connectivity index (χ1n) is 11.9. The summed E-state index contributed by atoms with van der Waals surface area (Å²) >= 11 is 1.31. The number of amides is 2. The first-order valence-corrected chi connectivity index (χ1v) is 12.7. The highest BCUT2D eigenvalue weighted by atomic mass is 32.1. The minimum absolute atomic E-state index is 0.0604. The number of morpholine rings is 2. The minimum Gasteiger partial charge on any atom is -0.494 e. The molecule has 0 spiro atoms. The Hall–Kier alpha value is -3.68. The molecule has 0 atom stereocenters. The van der Waals surface area contributed by atoms with Gasteiger partial charge in [-0.05, 0) is 18.2 Å². The van der Waals surface area contributed by atoms with Crippen molar-refractivity contribution in [1.82, 2.24) is 14.5 Å². The van der Waals surface area contributed by atoms with Crippen LogP contribution in [0.3, 0.4) is 0 Å². The van der Waals surface area contributed by atoms with Gasteiger partial charge in [-0.25, -0.2) is 9.78 Å². The number of ether oxygens (including phenoxy) is 4. The lowest BCUT2D eigenvalue weighted by atomic mass is 10.2. The fourth-order valence-corrected chi connectivity index (χ4v) is 5.21. The SMILES string of the molecule is COc1ccc(N2CCOCC2)c2sc(NC(=O)Oc3ccn(CC(=O)N4CCOCC4)c(=O)c3)nc12. The number of benzene rings is 1. The Balaban J connectivity index is 1.26. The van der Waals surface area contributed by atoms with Crippen molar-refractivity contribution in [3.05, 3.63) is 40.8 Å². The van der Waals surface area contributed by atoms with Gasteiger partial charge in [-0.15, -0.1) is 0 Å². The lowest BCUT2D eigenvalue weighted by Gasteiger charge is -2.29. The Morgan fingerprint density at radius 2 is 1.81 bits per heavy atom. The molecule has 13 heteroatoms. The van der Waals surface area contributed by atoms with Crippen molar-refractivity contribution in [1.29, 1.82) is 0 Å². The number of pyridine rings is 1. The van der Waals surface area contributed by atoms with Crippen molar-refractivity contribution >= 4 is 44.4 Å². The third-order valence-corrected chi connectivity index (χ3v) is 7.11. The van der Waals surface area contributed by atoms with Crippen molar-refractivity contribution in [2.75, 3.05) is 69.9 Å². The van der Waals surface area contributed by atoms with Crippen molar-refractivity contribution in [2.45, 2.75) is 6.54 Å². The number of hydrogen-bond acceptors (Lipinski definition) is 10. The lowest BCUT2D eigenvalue weighted by Crippen LogP contribution is -2.43. The topological polar surface area (TPSA) is 124 Å². The summed E-state index contributed by atoms with van der Waals surface area (Å²) < 4.78 is 23.6. The number of hydrogen-bond donors (Lipinski definition) is 1. The molecular weight excluding hydrogens is 502 g/mol. The monoisotopic (exact) mass is 529 g/mol. The number of nitrogens with zero attached hydrogens (tertiary/aromatic N) is 4. The molecule has 2 aliphatic rings. The van der Waals surface area contributed by atoms with E-state index in [1.165, 1.54) is 34.2 Å². The number of thiazole rings is 1. The summed E-state index contributed by atoms with van der Waals surface area (Å²) in [6.07, 6.45) is 0.646. The Kier molecular flexibility index (Phi) is 7.53. The van der Waals surface area contributed by atoms with Crippen LogP contribution in [0, 0.1) is 0 Å².